The van der Waals surface area contributed by atoms with Crippen LogP contribution in [0, 0.1) is 5.82 Å². The predicted molar refractivity (Wildman–Crippen MR) is 151 cm³/mol. The number of pyridine rings is 2. The lowest BCUT2D eigenvalue weighted by Gasteiger charge is -2.24. The van der Waals surface area contributed by atoms with Gasteiger partial charge in [0.2, 0.25) is 0 Å². The van der Waals surface area contributed by atoms with E-state index in [0.717, 1.165) is 28.5 Å². The van der Waals surface area contributed by atoms with Crippen LogP contribution in [-0.2, 0) is 4.74 Å². The number of carbonyl (C=O) groups excluding carboxylic acids is 1. The van der Waals surface area contributed by atoms with E-state index in [-0.39, 0.29) is 22.7 Å². The van der Waals surface area contributed by atoms with Crippen molar-refractivity contribution >= 4 is 50.2 Å². The number of likely N-dealkylation sites (tertiary alicyclic amines) is 1. The Kier molecular flexibility index (Phi) is 6.34. The summed E-state index contributed by atoms with van der Waals surface area (Å²) in [6.45, 7) is 6.74. The fraction of sp³-hybridized carbons (Fsp3) is 0.286. The van der Waals surface area contributed by atoms with E-state index in [9.17, 15) is 9.18 Å². The number of rotatable bonds is 3. The highest BCUT2D eigenvalue weighted by Crippen LogP contribution is 2.37. The average Bonchev–Trinajstić information content (AvgIpc) is 3.62. The second-order valence-electron chi connectivity index (χ2n) is 10.6. The van der Waals surface area contributed by atoms with E-state index in [2.05, 4.69) is 26.0 Å². The van der Waals surface area contributed by atoms with E-state index in [1.807, 2.05) is 54.4 Å². The van der Waals surface area contributed by atoms with Gasteiger partial charge in [0.1, 0.15) is 27.4 Å². The van der Waals surface area contributed by atoms with Gasteiger partial charge >= 0.3 is 6.09 Å². The van der Waals surface area contributed by atoms with Crippen molar-refractivity contribution in [3.05, 3.63) is 70.6 Å². The number of hydrogen-bond acceptors (Lipinski definition) is 5. The molecule has 0 bridgehead atoms. The monoisotopic (exact) mass is 610 g/mol. The summed E-state index contributed by atoms with van der Waals surface area (Å²) in [5.41, 5.74) is 3.27. The van der Waals surface area contributed by atoms with Gasteiger partial charge in [0.25, 0.3) is 0 Å². The zero-order chi connectivity index (χ0) is 27.5. The van der Waals surface area contributed by atoms with Crippen LogP contribution < -0.4 is 0 Å². The quantitative estimate of drug-likeness (QED) is 0.217. The van der Waals surface area contributed by atoms with E-state index >= 15 is 0 Å². The minimum Gasteiger partial charge on any atom is -0.444 e. The lowest BCUT2D eigenvalue weighted by molar-refractivity contribution is 0.0288. The summed E-state index contributed by atoms with van der Waals surface area (Å²) in [5.74, 6) is -0.445. The molecule has 1 saturated heterocycles. The molecular formula is C28H25BrClFN6O2. The van der Waals surface area contributed by atoms with Gasteiger partial charge in [-0.15, -0.1) is 0 Å². The summed E-state index contributed by atoms with van der Waals surface area (Å²) >= 11 is 9.92. The first kappa shape index (κ1) is 25.8. The third-order valence-electron chi connectivity index (χ3n) is 6.72. The molecule has 0 aliphatic carbocycles. The van der Waals surface area contributed by atoms with Gasteiger partial charge in [0, 0.05) is 48.2 Å². The van der Waals surface area contributed by atoms with Gasteiger partial charge in [-0.25, -0.2) is 14.2 Å². The Morgan fingerprint density at radius 2 is 2.03 bits per heavy atom. The molecule has 1 amide bonds. The molecule has 1 aliphatic rings. The Balaban J connectivity index is 1.33. The van der Waals surface area contributed by atoms with Crippen molar-refractivity contribution < 1.29 is 13.9 Å². The number of nitrogens with zero attached hydrogens (tertiary/aromatic N) is 6. The molecule has 5 aromatic rings. The highest BCUT2D eigenvalue weighted by molar-refractivity contribution is 9.10. The van der Waals surface area contributed by atoms with Crippen LogP contribution in [0.1, 0.15) is 33.2 Å². The highest BCUT2D eigenvalue weighted by Gasteiger charge is 2.31. The van der Waals surface area contributed by atoms with Crippen molar-refractivity contribution in [1.82, 2.24) is 29.0 Å². The molecule has 6 rings (SSSR count). The lowest BCUT2D eigenvalue weighted by Crippen LogP contribution is -2.35. The number of ether oxygens (including phenoxy) is 1. The Labute approximate surface area is 237 Å². The number of fused-ring (bicyclic) bond motifs is 3. The molecule has 0 spiro atoms. The molecule has 0 N–H and O–H groups in total. The number of amides is 1. The molecule has 1 atom stereocenters. The van der Waals surface area contributed by atoms with E-state index in [1.54, 1.807) is 29.4 Å². The normalized spacial score (nSPS) is 15.9. The van der Waals surface area contributed by atoms with Crippen LogP contribution in [0.25, 0.3) is 38.9 Å². The van der Waals surface area contributed by atoms with Gasteiger partial charge < -0.3 is 9.64 Å². The predicted octanol–water partition coefficient (Wildman–Crippen LogP) is 7.15. The summed E-state index contributed by atoms with van der Waals surface area (Å²) in [5, 5.41) is 5.68. The van der Waals surface area contributed by atoms with Gasteiger partial charge in [-0.05, 0) is 67.4 Å². The zero-order valence-corrected chi connectivity index (χ0v) is 23.9. The SMILES string of the molecule is CC(C)(C)OC(=O)N1CC[C@H](n2cc(-c3cnc4ccn5c(Br)c(-c6c(F)cccc6Cl)nc5c4c3)cn2)C1. The van der Waals surface area contributed by atoms with Gasteiger partial charge in [0.05, 0.1) is 28.3 Å². The number of aromatic nitrogens is 5. The first-order valence-electron chi connectivity index (χ1n) is 12.5. The first-order valence-corrected chi connectivity index (χ1v) is 13.7. The number of hydrogen-bond donors (Lipinski definition) is 0. The average molecular weight is 612 g/mol. The maximum atomic E-state index is 14.7. The van der Waals surface area contributed by atoms with Crippen molar-refractivity contribution in [2.45, 2.75) is 38.8 Å². The Morgan fingerprint density at radius 3 is 2.79 bits per heavy atom. The van der Waals surface area contributed by atoms with Gasteiger partial charge in [-0.2, -0.15) is 5.10 Å². The van der Waals surface area contributed by atoms with Crippen molar-refractivity contribution in [3.63, 3.8) is 0 Å². The van der Waals surface area contributed by atoms with Crippen LogP contribution in [0.15, 0.2) is 59.7 Å². The Morgan fingerprint density at radius 1 is 1.21 bits per heavy atom. The zero-order valence-electron chi connectivity index (χ0n) is 21.5. The standard InChI is InChI=1S/C28H25BrClFN6O2/c1-28(2,3)39-27(38)35-9-7-18(15-35)37-14-17(13-33-37)16-11-19-22(32-12-16)8-10-36-25(29)24(34-26(19)36)23-20(30)5-4-6-21(23)31/h4-6,8,10-14,18H,7,9,15H2,1-3H3/t18-/m0/s1. The fourth-order valence-electron chi connectivity index (χ4n) is 4.85. The molecule has 1 aliphatic heterocycles. The highest BCUT2D eigenvalue weighted by atomic mass is 79.9. The van der Waals surface area contributed by atoms with Crippen LogP contribution in [0.5, 0.6) is 0 Å². The van der Waals surface area contributed by atoms with E-state index < -0.39 is 11.4 Å². The molecule has 5 heterocycles. The van der Waals surface area contributed by atoms with Crippen molar-refractivity contribution in [2.24, 2.45) is 0 Å². The van der Waals surface area contributed by atoms with Gasteiger partial charge in [-0.3, -0.25) is 14.1 Å². The second kappa shape index (κ2) is 9.60. The molecule has 0 unspecified atom stereocenters. The van der Waals surface area contributed by atoms with Crippen molar-refractivity contribution in [2.75, 3.05) is 13.1 Å². The van der Waals surface area contributed by atoms with Crippen LogP contribution >= 0.6 is 27.5 Å². The van der Waals surface area contributed by atoms with Crippen LogP contribution in [0.3, 0.4) is 0 Å². The maximum Gasteiger partial charge on any atom is 0.410 e. The topological polar surface area (TPSA) is 77.5 Å². The summed E-state index contributed by atoms with van der Waals surface area (Å²) < 4.78 is 24.6. The molecule has 4 aromatic heterocycles. The molecular weight excluding hydrogens is 587 g/mol. The Hall–Kier alpha value is -3.50. The molecule has 11 heteroatoms. The van der Waals surface area contributed by atoms with E-state index in [1.165, 1.54) is 6.07 Å². The molecule has 8 nitrogen and oxygen atoms in total. The van der Waals surface area contributed by atoms with Crippen molar-refractivity contribution in [1.29, 1.82) is 0 Å². The summed E-state index contributed by atoms with van der Waals surface area (Å²) in [6.07, 6.45) is 7.90. The summed E-state index contributed by atoms with van der Waals surface area (Å²) in [4.78, 5) is 23.6. The summed E-state index contributed by atoms with van der Waals surface area (Å²) in [7, 11) is 0. The molecule has 0 saturated carbocycles. The smallest absolute Gasteiger partial charge is 0.410 e. The number of carbonyl (C=O) groups is 1. The molecule has 1 aromatic carbocycles. The number of imidazole rings is 1. The van der Waals surface area contributed by atoms with E-state index in [0.29, 0.717) is 29.0 Å². The van der Waals surface area contributed by atoms with Crippen LogP contribution in [-0.4, -0.2) is 53.8 Å². The second-order valence-corrected chi connectivity index (χ2v) is 11.8. The van der Waals surface area contributed by atoms with E-state index in [4.69, 9.17) is 21.3 Å². The lowest BCUT2D eigenvalue weighted by atomic mass is 10.1. The minimum absolute atomic E-state index is 0.0581. The van der Waals surface area contributed by atoms with Crippen LogP contribution in [0.2, 0.25) is 5.02 Å². The summed E-state index contributed by atoms with van der Waals surface area (Å²) in [6, 6.07) is 8.53. The van der Waals surface area contributed by atoms with Gasteiger partial charge in [0.15, 0.2) is 0 Å². The fourth-order valence-corrected chi connectivity index (χ4v) is 5.67. The molecule has 0 radical (unpaired) electrons. The maximum absolute atomic E-state index is 14.7. The third-order valence-corrected chi connectivity index (χ3v) is 7.79. The van der Waals surface area contributed by atoms with Crippen LogP contribution in [0.4, 0.5) is 9.18 Å². The molecule has 1 fully saturated rings. The molecule has 39 heavy (non-hydrogen) atoms. The Bertz CT molecular complexity index is 1720. The minimum atomic E-state index is -0.532. The molecule has 200 valence electrons. The number of halogens is 3. The largest absolute Gasteiger partial charge is 0.444 e. The third kappa shape index (κ3) is 4.76. The van der Waals surface area contributed by atoms with Gasteiger partial charge in [-0.1, -0.05) is 17.7 Å². The number of benzene rings is 1. The first-order chi connectivity index (χ1) is 18.6. The van der Waals surface area contributed by atoms with Crippen molar-refractivity contribution in [3.8, 4) is 22.4 Å².